The van der Waals surface area contributed by atoms with Crippen LogP contribution in [-0.2, 0) is 16.6 Å². The molecule has 0 heterocycles. The Hall–Kier alpha value is -2.83. The van der Waals surface area contributed by atoms with Gasteiger partial charge in [-0.3, -0.25) is 9.52 Å². The number of amides is 1. The largest absolute Gasteiger partial charge is 0.348 e. The first-order valence-corrected chi connectivity index (χ1v) is 10.4. The van der Waals surface area contributed by atoms with Gasteiger partial charge >= 0.3 is 0 Å². The van der Waals surface area contributed by atoms with Gasteiger partial charge in [0.05, 0.1) is 10.6 Å². The van der Waals surface area contributed by atoms with Crippen molar-refractivity contribution in [2.45, 2.75) is 18.4 Å². The van der Waals surface area contributed by atoms with Crippen LogP contribution in [0.15, 0.2) is 77.7 Å². The number of aryl methyl sites for hydroxylation is 1. The summed E-state index contributed by atoms with van der Waals surface area (Å²) in [6.45, 7) is 2.05. The average Bonchev–Trinajstić information content (AvgIpc) is 2.69. The minimum Gasteiger partial charge on any atom is -0.348 e. The molecule has 0 aliphatic heterocycles. The van der Waals surface area contributed by atoms with Crippen LogP contribution in [0.4, 0.5) is 5.69 Å². The molecule has 0 saturated heterocycles. The molecule has 0 saturated carbocycles. The van der Waals surface area contributed by atoms with E-state index in [0.29, 0.717) is 21.8 Å². The lowest BCUT2D eigenvalue weighted by Gasteiger charge is -2.13. The minimum atomic E-state index is -3.74. The van der Waals surface area contributed by atoms with E-state index in [4.69, 9.17) is 11.6 Å². The predicted octanol–water partition coefficient (Wildman–Crippen LogP) is 4.38. The first kappa shape index (κ1) is 19.9. The van der Waals surface area contributed by atoms with E-state index in [0.717, 1.165) is 5.56 Å². The summed E-state index contributed by atoms with van der Waals surface area (Å²) in [5, 5.41) is 3.37. The standard InChI is InChI=1S/C21H19ClN2O3S/c1-15-11-12-16(21(25)23-14-17-7-5-6-10-19(17)22)13-20(15)24-28(26,27)18-8-3-2-4-9-18/h2-13,24H,14H2,1H3,(H,23,25). The van der Waals surface area contributed by atoms with Crippen molar-refractivity contribution in [1.29, 1.82) is 0 Å². The Morgan fingerprint density at radius 2 is 1.64 bits per heavy atom. The summed E-state index contributed by atoms with van der Waals surface area (Å²) in [4.78, 5) is 12.7. The van der Waals surface area contributed by atoms with E-state index in [9.17, 15) is 13.2 Å². The molecule has 0 aromatic heterocycles. The predicted molar refractivity (Wildman–Crippen MR) is 111 cm³/mol. The molecule has 1 amide bonds. The van der Waals surface area contributed by atoms with Crippen molar-refractivity contribution in [2.24, 2.45) is 0 Å². The molecular weight excluding hydrogens is 396 g/mol. The smallest absolute Gasteiger partial charge is 0.261 e. The molecule has 0 aliphatic rings. The van der Waals surface area contributed by atoms with Crippen molar-refractivity contribution in [1.82, 2.24) is 5.32 Å². The highest BCUT2D eigenvalue weighted by Gasteiger charge is 2.16. The molecule has 3 rings (SSSR count). The average molecular weight is 415 g/mol. The van der Waals surface area contributed by atoms with Gasteiger partial charge in [-0.05, 0) is 48.4 Å². The molecular formula is C21H19ClN2O3S. The van der Waals surface area contributed by atoms with Crippen molar-refractivity contribution in [2.75, 3.05) is 4.72 Å². The third-order valence-electron chi connectivity index (χ3n) is 4.19. The number of hydrogen-bond donors (Lipinski definition) is 2. The van der Waals surface area contributed by atoms with Gasteiger partial charge in [-0.1, -0.05) is 54.1 Å². The van der Waals surface area contributed by atoms with Gasteiger partial charge in [0, 0.05) is 17.1 Å². The van der Waals surface area contributed by atoms with Crippen LogP contribution >= 0.6 is 11.6 Å². The maximum atomic E-state index is 12.6. The Morgan fingerprint density at radius 3 is 2.36 bits per heavy atom. The Morgan fingerprint density at radius 1 is 0.964 bits per heavy atom. The van der Waals surface area contributed by atoms with Gasteiger partial charge in [0.2, 0.25) is 0 Å². The molecule has 0 bridgehead atoms. The van der Waals surface area contributed by atoms with Gasteiger partial charge < -0.3 is 5.32 Å². The molecule has 7 heteroatoms. The van der Waals surface area contributed by atoms with Crippen LogP contribution in [0.25, 0.3) is 0 Å². The lowest BCUT2D eigenvalue weighted by molar-refractivity contribution is 0.0951. The Labute approximate surface area is 169 Å². The number of anilines is 1. The van der Waals surface area contributed by atoms with Crippen LogP contribution in [0, 0.1) is 6.92 Å². The fraction of sp³-hybridized carbons (Fsp3) is 0.0952. The molecule has 2 N–H and O–H groups in total. The van der Waals surface area contributed by atoms with E-state index in [1.54, 1.807) is 43.3 Å². The number of carbonyl (C=O) groups excluding carboxylic acids is 1. The first-order chi connectivity index (χ1) is 13.4. The number of hydrogen-bond acceptors (Lipinski definition) is 3. The second kappa shape index (κ2) is 8.46. The number of halogens is 1. The van der Waals surface area contributed by atoms with Crippen molar-refractivity contribution in [3.05, 3.63) is 94.5 Å². The zero-order valence-corrected chi connectivity index (χ0v) is 16.7. The molecule has 144 valence electrons. The number of sulfonamides is 1. The van der Waals surface area contributed by atoms with Crippen LogP contribution in [0.1, 0.15) is 21.5 Å². The summed E-state index contributed by atoms with van der Waals surface area (Å²) in [5.74, 6) is -0.319. The molecule has 0 atom stereocenters. The van der Waals surface area contributed by atoms with Crippen LogP contribution in [0.2, 0.25) is 5.02 Å². The first-order valence-electron chi connectivity index (χ1n) is 8.57. The summed E-state index contributed by atoms with van der Waals surface area (Å²) >= 11 is 6.10. The second-order valence-corrected chi connectivity index (χ2v) is 8.31. The fourth-order valence-electron chi connectivity index (χ4n) is 2.60. The number of carbonyl (C=O) groups is 1. The third kappa shape index (κ3) is 4.71. The summed E-state index contributed by atoms with van der Waals surface area (Å²) in [6, 6.07) is 20.2. The van der Waals surface area contributed by atoms with E-state index in [2.05, 4.69) is 10.0 Å². The second-order valence-electron chi connectivity index (χ2n) is 6.22. The number of nitrogens with one attached hydrogen (secondary N) is 2. The van der Waals surface area contributed by atoms with Crippen LogP contribution < -0.4 is 10.0 Å². The molecule has 0 spiro atoms. The van der Waals surface area contributed by atoms with Crippen molar-refractivity contribution < 1.29 is 13.2 Å². The van der Waals surface area contributed by atoms with Gasteiger partial charge in [0.15, 0.2) is 0 Å². The molecule has 0 radical (unpaired) electrons. The highest BCUT2D eigenvalue weighted by molar-refractivity contribution is 7.92. The van der Waals surface area contributed by atoms with Gasteiger partial charge in [-0.2, -0.15) is 0 Å². The van der Waals surface area contributed by atoms with E-state index in [-0.39, 0.29) is 17.3 Å². The molecule has 28 heavy (non-hydrogen) atoms. The van der Waals surface area contributed by atoms with Crippen molar-refractivity contribution in [3.8, 4) is 0 Å². The molecule has 3 aromatic carbocycles. The van der Waals surface area contributed by atoms with E-state index < -0.39 is 10.0 Å². The quantitative estimate of drug-likeness (QED) is 0.628. The van der Waals surface area contributed by atoms with Gasteiger partial charge in [-0.25, -0.2) is 8.42 Å². The van der Waals surface area contributed by atoms with Crippen LogP contribution in [0.3, 0.4) is 0 Å². The monoisotopic (exact) mass is 414 g/mol. The summed E-state index contributed by atoms with van der Waals surface area (Å²) in [6.07, 6.45) is 0. The summed E-state index contributed by atoms with van der Waals surface area (Å²) in [7, 11) is -3.74. The fourth-order valence-corrected chi connectivity index (χ4v) is 3.94. The molecule has 0 fully saturated rings. The number of benzene rings is 3. The summed E-state index contributed by atoms with van der Waals surface area (Å²) < 4.78 is 27.7. The maximum absolute atomic E-state index is 12.6. The molecule has 0 aliphatic carbocycles. The molecule has 5 nitrogen and oxygen atoms in total. The van der Waals surface area contributed by atoms with Crippen LogP contribution in [0.5, 0.6) is 0 Å². The van der Waals surface area contributed by atoms with E-state index in [1.807, 2.05) is 18.2 Å². The zero-order chi connectivity index (χ0) is 20.1. The Bertz CT molecular complexity index is 1100. The lowest BCUT2D eigenvalue weighted by Crippen LogP contribution is -2.23. The number of rotatable bonds is 6. The van der Waals surface area contributed by atoms with Crippen molar-refractivity contribution in [3.63, 3.8) is 0 Å². The zero-order valence-electron chi connectivity index (χ0n) is 15.1. The highest BCUT2D eigenvalue weighted by Crippen LogP contribution is 2.21. The third-order valence-corrected chi connectivity index (χ3v) is 5.94. The van der Waals surface area contributed by atoms with E-state index in [1.165, 1.54) is 18.2 Å². The Kier molecular flexibility index (Phi) is 6.02. The Balaban J connectivity index is 1.77. The highest BCUT2D eigenvalue weighted by atomic mass is 35.5. The lowest BCUT2D eigenvalue weighted by atomic mass is 10.1. The minimum absolute atomic E-state index is 0.156. The topological polar surface area (TPSA) is 75.3 Å². The van der Waals surface area contributed by atoms with Crippen LogP contribution in [-0.4, -0.2) is 14.3 Å². The normalized spacial score (nSPS) is 11.1. The molecule has 3 aromatic rings. The van der Waals surface area contributed by atoms with Gasteiger partial charge in [0.25, 0.3) is 15.9 Å². The SMILES string of the molecule is Cc1ccc(C(=O)NCc2ccccc2Cl)cc1NS(=O)(=O)c1ccccc1. The van der Waals surface area contributed by atoms with E-state index >= 15 is 0 Å². The molecule has 0 unspecified atom stereocenters. The van der Waals surface area contributed by atoms with Gasteiger partial charge in [0.1, 0.15) is 0 Å². The summed E-state index contributed by atoms with van der Waals surface area (Å²) in [5.41, 5.74) is 2.22. The van der Waals surface area contributed by atoms with Gasteiger partial charge in [-0.15, -0.1) is 0 Å². The van der Waals surface area contributed by atoms with Crippen molar-refractivity contribution >= 4 is 33.2 Å². The maximum Gasteiger partial charge on any atom is 0.261 e.